The van der Waals surface area contributed by atoms with E-state index < -0.39 is 5.97 Å². The number of amides is 1. The van der Waals surface area contributed by atoms with E-state index in [1.165, 1.54) is 10.9 Å². The van der Waals surface area contributed by atoms with Crippen LogP contribution in [0.2, 0.25) is 0 Å². The van der Waals surface area contributed by atoms with Gasteiger partial charge in [0.15, 0.2) is 0 Å². The first-order chi connectivity index (χ1) is 12.6. The van der Waals surface area contributed by atoms with Gasteiger partial charge in [0.25, 0.3) is 0 Å². The fourth-order valence-electron chi connectivity index (χ4n) is 2.57. The molecule has 26 heavy (non-hydrogen) atoms. The normalized spacial score (nSPS) is 11.0. The van der Waals surface area contributed by atoms with E-state index in [2.05, 4.69) is 20.6 Å². The van der Waals surface area contributed by atoms with Crippen LogP contribution >= 0.6 is 11.8 Å². The number of aliphatic carboxylic acids is 1. The van der Waals surface area contributed by atoms with Gasteiger partial charge in [-0.3, -0.25) is 9.59 Å². The van der Waals surface area contributed by atoms with Crippen LogP contribution in [0, 0.1) is 0 Å². The van der Waals surface area contributed by atoms with E-state index in [0.717, 1.165) is 16.9 Å². The molecule has 10 heteroatoms. The van der Waals surface area contributed by atoms with Gasteiger partial charge in [-0.15, -0.1) is 5.10 Å². The zero-order valence-electron chi connectivity index (χ0n) is 14.1. The van der Waals surface area contributed by atoms with E-state index in [1.807, 2.05) is 35.1 Å². The summed E-state index contributed by atoms with van der Waals surface area (Å²) in [6, 6.07) is 7.70. The first-order valence-electron chi connectivity index (χ1n) is 7.87. The molecule has 0 unspecified atom stereocenters. The highest BCUT2D eigenvalue weighted by Crippen LogP contribution is 2.18. The third-order valence-electron chi connectivity index (χ3n) is 3.66. The highest BCUT2D eigenvalue weighted by molar-refractivity contribution is 7.97. The summed E-state index contributed by atoms with van der Waals surface area (Å²) < 4.78 is 3.12. The lowest BCUT2D eigenvalue weighted by molar-refractivity contribution is -0.138. The smallest absolute Gasteiger partial charge is 0.325 e. The number of hydrogen-bond acceptors (Lipinski definition) is 6. The van der Waals surface area contributed by atoms with Crippen LogP contribution in [0.25, 0.3) is 11.0 Å². The van der Waals surface area contributed by atoms with Gasteiger partial charge in [0.1, 0.15) is 24.6 Å². The minimum absolute atomic E-state index is 0.152. The standard InChI is InChI=1S/C16H18N6O3S/c1-26-10-14-18-12-4-2-3-5-13(12)22(14)8-15(23)17-6-11-7-21(20-19-11)9-16(24)25/h2-5,7H,6,8-10H2,1H3,(H,17,23)(H,24,25). The van der Waals surface area contributed by atoms with Crippen LogP contribution in [0.15, 0.2) is 30.5 Å². The zero-order chi connectivity index (χ0) is 18.5. The Labute approximate surface area is 153 Å². The van der Waals surface area contributed by atoms with E-state index >= 15 is 0 Å². The lowest BCUT2D eigenvalue weighted by Crippen LogP contribution is -2.27. The Morgan fingerprint density at radius 3 is 2.85 bits per heavy atom. The number of hydrogen-bond donors (Lipinski definition) is 2. The van der Waals surface area contributed by atoms with E-state index in [9.17, 15) is 9.59 Å². The molecule has 2 N–H and O–H groups in total. The fourth-order valence-corrected chi connectivity index (χ4v) is 3.04. The van der Waals surface area contributed by atoms with Gasteiger partial charge in [0.2, 0.25) is 5.91 Å². The Morgan fingerprint density at radius 1 is 1.27 bits per heavy atom. The predicted molar refractivity (Wildman–Crippen MR) is 96.5 cm³/mol. The van der Waals surface area contributed by atoms with Gasteiger partial charge in [0.05, 0.1) is 29.5 Å². The van der Waals surface area contributed by atoms with Crippen LogP contribution in [-0.4, -0.2) is 47.8 Å². The maximum atomic E-state index is 12.4. The molecule has 0 saturated carbocycles. The second kappa shape index (κ2) is 8.00. The van der Waals surface area contributed by atoms with Crippen molar-refractivity contribution in [3.8, 4) is 0 Å². The third-order valence-corrected chi connectivity index (χ3v) is 4.21. The molecule has 2 aromatic heterocycles. The van der Waals surface area contributed by atoms with Crippen molar-refractivity contribution in [2.24, 2.45) is 0 Å². The molecule has 0 aliphatic carbocycles. The maximum Gasteiger partial charge on any atom is 0.325 e. The van der Waals surface area contributed by atoms with Gasteiger partial charge in [-0.2, -0.15) is 11.8 Å². The molecule has 3 rings (SSSR count). The van der Waals surface area contributed by atoms with Crippen LogP contribution in [-0.2, 0) is 35.0 Å². The maximum absolute atomic E-state index is 12.4. The summed E-state index contributed by atoms with van der Waals surface area (Å²) in [6.45, 7) is 0.0721. The van der Waals surface area contributed by atoms with E-state index in [0.29, 0.717) is 11.4 Å². The number of benzene rings is 1. The number of carbonyl (C=O) groups is 2. The van der Waals surface area contributed by atoms with Gasteiger partial charge in [-0.05, 0) is 18.4 Å². The lowest BCUT2D eigenvalue weighted by Gasteiger charge is -2.08. The van der Waals surface area contributed by atoms with Crippen LogP contribution in [0.3, 0.4) is 0 Å². The largest absolute Gasteiger partial charge is 0.480 e. The highest BCUT2D eigenvalue weighted by atomic mass is 32.2. The monoisotopic (exact) mass is 374 g/mol. The Kier molecular flexibility index (Phi) is 5.52. The van der Waals surface area contributed by atoms with Crippen molar-refractivity contribution in [3.63, 3.8) is 0 Å². The molecule has 1 aromatic carbocycles. The topological polar surface area (TPSA) is 115 Å². The van der Waals surface area contributed by atoms with E-state index in [1.54, 1.807) is 11.8 Å². The Bertz CT molecular complexity index is 935. The molecule has 0 spiro atoms. The van der Waals surface area contributed by atoms with Crippen molar-refractivity contribution >= 4 is 34.7 Å². The Balaban J connectivity index is 1.66. The number of thioether (sulfide) groups is 1. The summed E-state index contributed by atoms with van der Waals surface area (Å²) in [4.78, 5) is 27.6. The number of carbonyl (C=O) groups excluding carboxylic acids is 1. The van der Waals surface area contributed by atoms with Crippen molar-refractivity contribution in [3.05, 3.63) is 42.0 Å². The van der Waals surface area contributed by atoms with Gasteiger partial charge >= 0.3 is 5.97 Å². The molecule has 0 saturated heterocycles. The lowest BCUT2D eigenvalue weighted by atomic mass is 10.3. The van der Waals surface area contributed by atoms with Gasteiger partial charge in [0, 0.05) is 0 Å². The first kappa shape index (κ1) is 17.9. The number of nitrogens with zero attached hydrogens (tertiary/aromatic N) is 5. The number of carboxylic acid groups (broad SMARTS) is 1. The SMILES string of the molecule is CSCc1nc2ccccc2n1CC(=O)NCc1cn(CC(=O)O)nn1. The van der Waals surface area contributed by atoms with Crippen molar-refractivity contribution in [1.29, 1.82) is 0 Å². The molecule has 0 bridgehead atoms. The van der Waals surface area contributed by atoms with E-state index in [4.69, 9.17) is 5.11 Å². The average Bonchev–Trinajstić information content (AvgIpc) is 3.18. The third kappa shape index (κ3) is 4.20. The number of fused-ring (bicyclic) bond motifs is 1. The van der Waals surface area contributed by atoms with Crippen molar-refractivity contribution in [1.82, 2.24) is 29.9 Å². The Morgan fingerprint density at radius 2 is 2.08 bits per heavy atom. The van der Waals surface area contributed by atoms with Gasteiger partial charge < -0.3 is 15.0 Å². The minimum Gasteiger partial charge on any atom is -0.480 e. The summed E-state index contributed by atoms with van der Waals surface area (Å²) in [5.41, 5.74) is 2.28. The molecule has 2 heterocycles. The number of carboxylic acids is 1. The molecule has 136 valence electrons. The van der Waals surface area contributed by atoms with Crippen molar-refractivity contribution in [2.45, 2.75) is 25.4 Å². The molecule has 0 radical (unpaired) electrons. The summed E-state index contributed by atoms with van der Waals surface area (Å²) in [5, 5.41) is 19.1. The van der Waals surface area contributed by atoms with Crippen LogP contribution in [0.1, 0.15) is 11.5 Å². The minimum atomic E-state index is -1.00. The molecule has 0 aliphatic rings. The van der Waals surface area contributed by atoms with Gasteiger partial charge in [-0.25, -0.2) is 9.67 Å². The number of rotatable bonds is 8. The second-order valence-electron chi connectivity index (χ2n) is 5.61. The highest BCUT2D eigenvalue weighted by Gasteiger charge is 2.13. The molecule has 0 atom stereocenters. The van der Waals surface area contributed by atoms with Crippen LogP contribution < -0.4 is 5.32 Å². The van der Waals surface area contributed by atoms with Crippen molar-refractivity contribution < 1.29 is 14.7 Å². The summed E-state index contributed by atoms with van der Waals surface area (Å²) in [7, 11) is 0. The van der Waals surface area contributed by atoms with Crippen molar-refractivity contribution in [2.75, 3.05) is 6.26 Å². The Hall–Kier alpha value is -2.88. The number of para-hydroxylation sites is 2. The van der Waals surface area contributed by atoms with Crippen LogP contribution in [0.5, 0.6) is 0 Å². The summed E-state index contributed by atoms with van der Waals surface area (Å²) >= 11 is 1.64. The number of imidazole rings is 1. The summed E-state index contributed by atoms with van der Waals surface area (Å²) in [5.74, 6) is 0.384. The fraction of sp³-hybridized carbons (Fsp3) is 0.312. The molecule has 9 nitrogen and oxygen atoms in total. The summed E-state index contributed by atoms with van der Waals surface area (Å²) in [6.07, 6.45) is 3.49. The van der Waals surface area contributed by atoms with Gasteiger partial charge in [-0.1, -0.05) is 17.3 Å². The molecular weight excluding hydrogens is 356 g/mol. The quantitative estimate of drug-likeness (QED) is 0.602. The molecule has 1 amide bonds. The molecule has 0 aliphatic heterocycles. The number of nitrogens with one attached hydrogen (secondary N) is 1. The number of aromatic nitrogens is 5. The first-order valence-corrected chi connectivity index (χ1v) is 9.27. The predicted octanol–water partition coefficient (Wildman–Crippen LogP) is 0.892. The zero-order valence-corrected chi connectivity index (χ0v) is 14.9. The second-order valence-corrected chi connectivity index (χ2v) is 6.48. The molecule has 3 aromatic rings. The molecular formula is C16H18N6O3S. The molecule has 0 fully saturated rings. The van der Waals surface area contributed by atoms with Crippen LogP contribution in [0.4, 0.5) is 0 Å². The van der Waals surface area contributed by atoms with E-state index in [-0.39, 0.29) is 25.5 Å². The average molecular weight is 374 g/mol.